The van der Waals surface area contributed by atoms with Gasteiger partial charge in [0.05, 0.1) is 10.7 Å². The largest absolute Gasteiger partial charge is 0.479 e. The molecule has 1 atom stereocenters. The lowest BCUT2D eigenvalue weighted by Gasteiger charge is -2.17. The van der Waals surface area contributed by atoms with Crippen molar-refractivity contribution in [3.05, 3.63) is 92.9 Å². The molecule has 0 aliphatic rings. The van der Waals surface area contributed by atoms with Crippen LogP contribution in [0.5, 0.6) is 5.75 Å². The topological polar surface area (TPSA) is 67.4 Å². The maximum Gasteiger partial charge on any atom is 0.266 e. The van der Waals surface area contributed by atoms with Gasteiger partial charge in [-0.25, -0.2) is 0 Å². The number of hydrogen-bond donors (Lipinski definition) is 2. The van der Waals surface area contributed by atoms with Crippen molar-refractivity contribution < 1.29 is 14.3 Å². The zero-order chi connectivity index (χ0) is 23.3. The second-order valence-corrected chi connectivity index (χ2v) is 8.35. The quantitative estimate of drug-likeness (QED) is 0.309. The van der Waals surface area contributed by atoms with Crippen LogP contribution in [0.3, 0.4) is 0 Å². The van der Waals surface area contributed by atoms with Gasteiger partial charge in [0.2, 0.25) is 0 Å². The molecule has 2 N–H and O–H groups in total. The van der Waals surface area contributed by atoms with Crippen LogP contribution in [0.4, 0.5) is 5.69 Å². The van der Waals surface area contributed by atoms with Gasteiger partial charge in [0.1, 0.15) is 5.75 Å². The smallest absolute Gasteiger partial charge is 0.266 e. The third-order valence-corrected chi connectivity index (χ3v) is 5.28. The molecule has 0 aliphatic heterocycles. The Morgan fingerprint density at radius 3 is 2.28 bits per heavy atom. The van der Waals surface area contributed by atoms with E-state index in [0.29, 0.717) is 32.6 Å². The summed E-state index contributed by atoms with van der Waals surface area (Å²) in [5, 5.41) is 6.55. The Labute approximate surface area is 205 Å². The van der Waals surface area contributed by atoms with Gasteiger partial charge in [0.25, 0.3) is 5.91 Å². The molecular formula is C23H17Cl3N2O3S. The third-order valence-electron chi connectivity index (χ3n) is 4.31. The molecule has 0 saturated heterocycles. The standard InChI is InChI=1S/C23H17Cl3N2O3S/c1-13(31-20-10-8-16(25)12-18(20)26)22(30)28-23(32)27-19-9-7-15(24)11-17(19)21(29)14-5-3-2-4-6-14/h2-13H,1H3,(H2,27,28,30,32). The van der Waals surface area contributed by atoms with E-state index < -0.39 is 12.0 Å². The first kappa shape index (κ1) is 24.0. The van der Waals surface area contributed by atoms with Crippen LogP contribution >= 0.6 is 47.0 Å². The number of thiocarbonyl (C=S) groups is 1. The highest BCUT2D eigenvalue weighted by molar-refractivity contribution is 7.80. The molecule has 0 fully saturated rings. The number of carbonyl (C=O) groups is 2. The van der Waals surface area contributed by atoms with Crippen LogP contribution in [-0.4, -0.2) is 22.9 Å². The van der Waals surface area contributed by atoms with Gasteiger partial charge in [-0.2, -0.15) is 0 Å². The molecule has 3 rings (SSSR count). The maximum atomic E-state index is 12.9. The van der Waals surface area contributed by atoms with Crippen molar-refractivity contribution in [2.24, 2.45) is 0 Å². The van der Waals surface area contributed by atoms with Gasteiger partial charge in [-0.05, 0) is 55.5 Å². The first-order valence-electron chi connectivity index (χ1n) is 9.37. The molecule has 1 unspecified atom stereocenters. The van der Waals surface area contributed by atoms with E-state index in [-0.39, 0.29) is 15.9 Å². The number of benzene rings is 3. The molecule has 3 aromatic carbocycles. The summed E-state index contributed by atoms with van der Waals surface area (Å²) in [4.78, 5) is 25.4. The molecule has 9 heteroatoms. The first-order valence-corrected chi connectivity index (χ1v) is 10.9. The van der Waals surface area contributed by atoms with E-state index in [1.165, 1.54) is 12.1 Å². The summed E-state index contributed by atoms with van der Waals surface area (Å²) in [7, 11) is 0. The zero-order valence-corrected chi connectivity index (χ0v) is 19.8. The van der Waals surface area contributed by atoms with Crippen molar-refractivity contribution in [1.82, 2.24) is 5.32 Å². The lowest BCUT2D eigenvalue weighted by Crippen LogP contribution is -2.42. The van der Waals surface area contributed by atoms with Crippen molar-refractivity contribution in [2.75, 3.05) is 5.32 Å². The Balaban J connectivity index is 1.69. The van der Waals surface area contributed by atoms with Crippen molar-refractivity contribution in [3.63, 3.8) is 0 Å². The summed E-state index contributed by atoms with van der Waals surface area (Å²) in [5.74, 6) is -0.428. The number of hydrogen-bond acceptors (Lipinski definition) is 4. The Morgan fingerprint density at radius 1 is 0.938 bits per heavy atom. The predicted octanol–water partition coefficient (Wildman–Crippen LogP) is 6.16. The Bertz CT molecular complexity index is 1170. The summed E-state index contributed by atoms with van der Waals surface area (Å²) >= 11 is 23.3. The van der Waals surface area contributed by atoms with E-state index in [9.17, 15) is 9.59 Å². The molecule has 0 saturated carbocycles. The van der Waals surface area contributed by atoms with Crippen LogP contribution in [0.25, 0.3) is 0 Å². The van der Waals surface area contributed by atoms with Crippen molar-refractivity contribution >= 4 is 69.5 Å². The van der Waals surface area contributed by atoms with Gasteiger partial charge in [0.15, 0.2) is 17.0 Å². The van der Waals surface area contributed by atoms with Crippen molar-refractivity contribution in [2.45, 2.75) is 13.0 Å². The highest BCUT2D eigenvalue weighted by Gasteiger charge is 2.19. The minimum Gasteiger partial charge on any atom is -0.479 e. The fourth-order valence-corrected chi connectivity index (χ4v) is 3.58. The number of nitrogens with one attached hydrogen (secondary N) is 2. The van der Waals surface area contributed by atoms with Crippen molar-refractivity contribution in [3.8, 4) is 5.75 Å². The zero-order valence-electron chi connectivity index (χ0n) is 16.7. The lowest BCUT2D eigenvalue weighted by atomic mass is 10.0. The Kier molecular flexibility index (Phi) is 8.10. The Hall–Kier alpha value is -2.64. The third kappa shape index (κ3) is 6.20. The number of carbonyl (C=O) groups excluding carboxylic acids is 2. The molecule has 0 aromatic heterocycles. The Morgan fingerprint density at radius 2 is 1.59 bits per heavy atom. The molecule has 0 spiro atoms. The summed E-state index contributed by atoms with van der Waals surface area (Å²) in [5.41, 5.74) is 1.22. The number of amides is 1. The molecule has 32 heavy (non-hydrogen) atoms. The van der Waals surface area contributed by atoms with Gasteiger partial charge in [-0.1, -0.05) is 65.1 Å². The van der Waals surface area contributed by atoms with Gasteiger partial charge < -0.3 is 10.1 Å². The van der Waals surface area contributed by atoms with Gasteiger partial charge in [-0.15, -0.1) is 0 Å². The molecule has 164 valence electrons. The fraction of sp³-hybridized carbons (Fsp3) is 0.0870. The van der Waals surface area contributed by atoms with Crippen LogP contribution in [0.15, 0.2) is 66.7 Å². The van der Waals surface area contributed by atoms with Crippen molar-refractivity contribution in [1.29, 1.82) is 0 Å². The average molecular weight is 508 g/mol. The van der Waals surface area contributed by atoms with Crippen LogP contribution < -0.4 is 15.4 Å². The molecule has 5 nitrogen and oxygen atoms in total. The van der Waals surface area contributed by atoms with Gasteiger partial charge >= 0.3 is 0 Å². The second kappa shape index (κ2) is 10.8. The summed E-state index contributed by atoms with van der Waals surface area (Å²) in [6.07, 6.45) is -0.899. The second-order valence-electron chi connectivity index (χ2n) is 6.66. The molecule has 0 heterocycles. The van der Waals surface area contributed by atoms with Crippen LogP contribution in [0.1, 0.15) is 22.8 Å². The number of ether oxygens (including phenoxy) is 1. The highest BCUT2D eigenvalue weighted by Crippen LogP contribution is 2.28. The van der Waals surface area contributed by atoms with E-state index in [1.807, 2.05) is 6.07 Å². The minimum atomic E-state index is -0.899. The summed E-state index contributed by atoms with van der Waals surface area (Å²) < 4.78 is 5.59. The number of ketones is 1. The van der Waals surface area contributed by atoms with E-state index >= 15 is 0 Å². The molecule has 0 bridgehead atoms. The van der Waals surface area contributed by atoms with Gasteiger partial charge in [0, 0.05) is 21.2 Å². The molecule has 1 amide bonds. The monoisotopic (exact) mass is 506 g/mol. The summed E-state index contributed by atoms with van der Waals surface area (Å²) in [6.45, 7) is 1.55. The number of halogens is 3. The minimum absolute atomic E-state index is 0.00270. The average Bonchev–Trinajstić information content (AvgIpc) is 2.76. The molecule has 0 aliphatic carbocycles. The predicted molar refractivity (Wildman–Crippen MR) is 132 cm³/mol. The van der Waals surface area contributed by atoms with Crippen LogP contribution in [-0.2, 0) is 4.79 Å². The molecule has 3 aromatic rings. The molecule has 0 radical (unpaired) electrons. The fourth-order valence-electron chi connectivity index (χ4n) is 2.74. The van der Waals surface area contributed by atoms with E-state index in [1.54, 1.807) is 55.5 Å². The lowest BCUT2D eigenvalue weighted by molar-refractivity contribution is -0.125. The number of anilines is 1. The van der Waals surface area contributed by atoms with E-state index in [0.717, 1.165) is 0 Å². The van der Waals surface area contributed by atoms with E-state index in [2.05, 4.69) is 10.6 Å². The maximum absolute atomic E-state index is 12.9. The SMILES string of the molecule is CC(Oc1ccc(Cl)cc1Cl)C(=O)NC(=S)Nc1ccc(Cl)cc1C(=O)c1ccccc1. The highest BCUT2D eigenvalue weighted by atomic mass is 35.5. The summed E-state index contributed by atoms with van der Waals surface area (Å²) in [6, 6.07) is 18.2. The van der Waals surface area contributed by atoms with Crippen LogP contribution in [0.2, 0.25) is 15.1 Å². The number of rotatable bonds is 6. The van der Waals surface area contributed by atoms with E-state index in [4.69, 9.17) is 51.8 Å². The molecular weight excluding hydrogens is 491 g/mol. The van der Waals surface area contributed by atoms with Crippen LogP contribution in [0, 0.1) is 0 Å². The van der Waals surface area contributed by atoms with Gasteiger partial charge in [-0.3, -0.25) is 14.9 Å². The normalized spacial score (nSPS) is 11.4. The first-order chi connectivity index (χ1) is 15.2.